The molecule has 0 aliphatic carbocycles. The van der Waals surface area contributed by atoms with E-state index in [9.17, 15) is 0 Å². The van der Waals surface area contributed by atoms with Crippen LogP contribution < -0.4 is 10.6 Å². The second-order valence-electron chi connectivity index (χ2n) is 5.58. The Bertz CT molecular complexity index is 600. The number of rotatable bonds is 4. The maximum Gasteiger partial charge on any atom is 0.105 e. The SMILES string of the molecule is Cc1nccn1CCN1CCc2cc(C(C)N)ccc21. The molecule has 1 aromatic heterocycles. The first-order valence-electron chi connectivity index (χ1n) is 7.26. The second-order valence-corrected chi connectivity index (χ2v) is 5.58. The van der Waals surface area contributed by atoms with E-state index in [-0.39, 0.29) is 6.04 Å². The molecule has 1 aromatic carbocycles. The highest BCUT2D eigenvalue weighted by molar-refractivity contribution is 5.59. The van der Waals surface area contributed by atoms with Gasteiger partial charge in [0.15, 0.2) is 0 Å². The molecular formula is C16H22N4. The van der Waals surface area contributed by atoms with E-state index in [1.54, 1.807) is 0 Å². The third kappa shape index (κ3) is 2.43. The number of imidazole rings is 1. The van der Waals surface area contributed by atoms with Crippen molar-refractivity contribution in [1.29, 1.82) is 0 Å². The number of benzene rings is 1. The highest BCUT2D eigenvalue weighted by Gasteiger charge is 2.19. The summed E-state index contributed by atoms with van der Waals surface area (Å²) in [6.45, 7) is 7.20. The van der Waals surface area contributed by atoms with Gasteiger partial charge in [0.25, 0.3) is 0 Å². The van der Waals surface area contributed by atoms with Crippen LogP contribution in [0.25, 0.3) is 0 Å². The molecule has 2 heterocycles. The molecule has 4 nitrogen and oxygen atoms in total. The predicted molar refractivity (Wildman–Crippen MR) is 81.9 cm³/mol. The van der Waals surface area contributed by atoms with Crippen LogP contribution in [-0.4, -0.2) is 22.6 Å². The zero-order chi connectivity index (χ0) is 14.1. The maximum atomic E-state index is 5.96. The smallest absolute Gasteiger partial charge is 0.105 e. The Morgan fingerprint density at radius 1 is 1.35 bits per heavy atom. The van der Waals surface area contributed by atoms with Crippen molar-refractivity contribution in [2.75, 3.05) is 18.0 Å². The summed E-state index contributed by atoms with van der Waals surface area (Å²) in [5, 5.41) is 0. The lowest BCUT2D eigenvalue weighted by molar-refractivity contribution is 0.650. The van der Waals surface area contributed by atoms with Crippen LogP contribution >= 0.6 is 0 Å². The van der Waals surface area contributed by atoms with Gasteiger partial charge in [-0.15, -0.1) is 0 Å². The number of anilines is 1. The number of nitrogens with two attached hydrogens (primary N) is 1. The van der Waals surface area contributed by atoms with Crippen molar-refractivity contribution in [3.63, 3.8) is 0 Å². The fourth-order valence-corrected chi connectivity index (χ4v) is 2.87. The Morgan fingerprint density at radius 2 is 2.20 bits per heavy atom. The molecule has 20 heavy (non-hydrogen) atoms. The van der Waals surface area contributed by atoms with E-state index in [2.05, 4.69) is 32.7 Å². The van der Waals surface area contributed by atoms with Crippen LogP contribution in [0.2, 0.25) is 0 Å². The van der Waals surface area contributed by atoms with Gasteiger partial charge in [0.1, 0.15) is 5.82 Å². The Hall–Kier alpha value is -1.81. The monoisotopic (exact) mass is 270 g/mol. The average molecular weight is 270 g/mol. The van der Waals surface area contributed by atoms with Crippen molar-refractivity contribution in [2.45, 2.75) is 32.9 Å². The summed E-state index contributed by atoms with van der Waals surface area (Å²) < 4.78 is 2.20. The Labute approximate surface area is 120 Å². The molecule has 0 amide bonds. The maximum absolute atomic E-state index is 5.96. The van der Waals surface area contributed by atoms with Crippen molar-refractivity contribution in [1.82, 2.24) is 9.55 Å². The van der Waals surface area contributed by atoms with Gasteiger partial charge in [-0.3, -0.25) is 0 Å². The summed E-state index contributed by atoms with van der Waals surface area (Å²) in [7, 11) is 0. The van der Waals surface area contributed by atoms with Gasteiger partial charge in [0.05, 0.1) is 0 Å². The van der Waals surface area contributed by atoms with Crippen molar-refractivity contribution in [3.8, 4) is 0 Å². The quantitative estimate of drug-likeness (QED) is 0.927. The molecular weight excluding hydrogens is 248 g/mol. The van der Waals surface area contributed by atoms with E-state index >= 15 is 0 Å². The first-order chi connectivity index (χ1) is 9.65. The van der Waals surface area contributed by atoms with E-state index in [0.717, 1.165) is 31.9 Å². The normalized spacial score (nSPS) is 15.4. The van der Waals surface area contributed by atoms with Crippen LogP contribution in [-0.2, 0) is 13.0 Å². The number of aryl methyl sites for hydroxylation is 1. The fourth-order valence-electron chi connectivity index (χ4n) is 2.87. The van der Waals surface area contributed by atoms with E-state index in [1.807, 2.05) is 26.2 Å². The largest absolute Gasteiger partial charge is 0.369 e. The molecule has 0 saturated heterocycles. The second kappa shape index (κ2) is 5.29. The summed E-state index contributed by atoms with van der Waals surface area (Å²) in [5.74, 6) is 1.08. The number of hydrogen-bond donors (Lipinski definition) is 1. The molecule has 1 aliphatic rings. The zero-order valence-corrected chi connectivity index (χ0v) is 12.2. The van der Waals surface area contributed by atoms with Crippen molar-refractivity contribution in [2.24, 2.45) is 5.73 Å². The van der Waals surface area contributed by atoms with E-state index < -0.39 is 0 Å². The molecule has 3 rings (SSSR count). The molecule has 0 bridgehead atoms. The van der Waals surface area contributed by atoms with Gasteiger partial charge < -0.3 is 15.2 Å². The number of hydrogen-bond acceptors (Lipinski definition) is 3. The summed E-state index contributed by atoms with van der Waals surface area (Å²) >= 11 is 0. The van der Waals surface area contributed by atoms with Gasteiger partial charge in [0, 0.05) is 43.8 Å². The molecule has 0 radical (unpaired) electrons. The van der Waals surface area contributed by atoms with Crippen LogP contribution in [0.4, 0.5) is 5.69 Å². The minimum absolute atomic E-state index is 0.114. The first kappa shape index (κ1) is 13.2. The van der Waals surface area contributed by atoms with E-state index in [0.29, 0.717) is 0 Å². The molecule has 1 atom stereocenters. The topological polar surface area (TPSA) is 47.1 Å². The van der Waals surface area contributed by atoms with E-state index in [4.69, 9.17) is 5.73 Å². The highest BCUT2D eigenvalue weighted by atomic mass is 15.2. The van der Waals surface area contributed by atoms with Crippen LogP contribution in [0.3, 0.4) is 0 Å². The average Bonchev–Trinajstić information content (AvgIpc) is 3.02. The lowest BCUT2D eigenvalue weighted by atomic mass is 10.0. The van der Waals surface area contributed by atoms with Crippen LogP contribution in [0, 0.1) is 6.92 Å². The Kier molecular flexibility index (Phi) is 3.49. The number of nitrogens with zero attached hydrogens (tertiary/aromatic N) is 3. The molecule has 0 fully saturated rings. The predicted octanol–water partition coefficient (Wildman–Crippen LogP) is 2.27. The standard InChI is InChI=1S/C16H22N4/c1-12(17)14-3-4-16-15(11-14)5-7-20(16)10-9-19-8-6-18-13(19)2/h3-4,6,8,11-12H,5,7,9-10,17H2,1-2H3. The summed E-state index contributed by atoms with van der Waals surface area (Å²) in [5.41, 5.74) is 9.99. The van der Waals surface area contributed by atoms with Crippen molar-refractivity contribution >= 4 is 5.69 Å². The molecule has 0 saturated carbocycles. The van der Waals surface area contributed by atoms with Crippen LogP contribution in [0.5, 0.6) is 0 Å². The third-order valence-electron chi connectivity index (χ3n) is 4.16. The van der Waals surface area contributed by atoms with Gasteiger partial charge in [-0.05, 0) is 37.5 Å². The van der Waals surface area contributed by atoms with E-state index in [1.165, 1.54) is 16.8 Å². The molecule has 2 N–H and O–H groups in total. The van der Waals surface area contributed by atoms with Crippen molar-refractivity contribution < 1.29 is 0 Å². The highest BCUT2D eigenvalue weighted by Crippen LogP contribution is 2.30. The minimum atomic E-state index is 0.114. The molecule has 1 unspecified atom stereocenters. The van der Waals surface area contributed by atoms with Crippen molar-refractivity contribution in [3.05, 3.63) is 47.5 Å². The lowest BCUT2D eigenvalue weighted by Gasteiger charge is -2.20. The Balaban J connectivity index is 1.71. The molecule has 1 aliphatic heterocycles. The summed E-state index contributed by atoms with van der Waals surface area (Å²) in [6.07, 6.45) is 5.03. The third-order valence-corrected chi connectivity index (χ3v) is 4.16. The molecule has 0 spiro atoms. The minimum Gasteiger partial charge on any atom is -0.369 e. The first-order valence-corrected chi connectivity index (χ1v) is 7.26. The van der Waals surface area contributed by atoms with Gasteiger partial charge in [-0.25, -0.2) is 4.98 Å². The summed E-state index contributed by atoms with van der Waals surface area (Å²) in [4.78, 5) is 6.73. The van der Waals surface area contributed by atoms with Gasteiger partial charge in [0.2, 0.25) is 0 Å². The van der Waals surface area contributed by atoms with Crippen LogP contribution in [0.15, 0.2) is 30.6 Å². The molecule has 106 valence electrons. The fraction of sp³-hybridized carbons (Fsp3) is 0.438. The number of aromatic nitrogens is 2. The van der Waals surface area contributed by atoms with Gasteiger partial charge >= 0.3 is 0 Å². The lowest BCUT2D eigenvalue weighted by Crippen LogP contribution is -2.25. The Morgan fingerprint density at radius 3 is 2.90 bits per heavy atom. The van der Waals surface area contributed by atoms with Gasteiger partial charge in [-0.2, -0.15) is 0 Å². The molecule has 2 aromatic rings. The molecule has 4 heteroatoms. The van der Waals surface area contributed by atoms with Crippen LogP contribution in [0.1, 0.15) is 29.9 Å². The zero-order valence-electron chi connectivity index (χ0n) is 12.2. The van der Waals surface area contributed by atoms with Gasteiger partial charge in [-0.1, -0.05) is 12.1 Å². The number of fused-ring (bicyclic) bond motifs is 1. The summed E-state index contributed by atoms with van der Waals surface area (Å²) in [6, 6.07) is 6.76.